The van der Waals surface area contributed by atoms with Crippen molar-refractivity contribution >= 4 is 22.6 Å². The average Bonchev–Trinajstić information content (AvgIpc) is 3.28. The van der Waals surface area contributed by atoms with E-state index < -0.39 is 0 Å². The Morgan fingerprint density at radius 1 is 1.11 bits per heavy atom. The lowest BCUT2D eigenvalue weighted by Crippen LogP contribution is -2.40. The molecule has 6 heteroatoms. The van der Waals surface area contributed by atoms with Gasteiger partial charge in [-0.25, -0.2) is 4.39 Å². The Kier molecular flexibility index (Phi) is 6.09. The van der Waals surface area contributed by atoms with Crippen molar-refractivity contribution in [3.63, 3.8) is 0 Å². The fraction of sp³-hybridized carbons (Fsp3) is 0.517. The summed E-state index contributed by atoms with van der Waals surface area (Å²) in [5.74, 6) is 0.733. The molecule has 1 atom stereocenters. The molecule has 3 aliphatic rings. The van der Waals surface area contributed by atoms with E-state index in [0.29, 0.717) is 29.7 Å². The lowest BCUT2D eigenvalue weighted by atomic mass is 9.83. The van der Waals surface area contributed by atoms with Crippen LogP contribution >= 0.6 is 0 Å². The number of likely N-dealkylation sites (tertiary alicyclic amines) is 1. The van der Waals surface area contributed by atoms with E-state index in [4.69, 9.17) is 4.52 Å². The second-order valence-electron chi connectivity index (χ2n) is 10.7. The third kappa shape index (κ3) is 4.37. The second-order valence-corrected chi connectivity index (χ2v) is 10.7. The van der Waals surface area contributed by atoms with Crippen LogP contribution in [0.25, 0.3) is 11.0 Å². The van der Waals surface area contributed by atoms with Crippen LogP contribution in [-0.2, 0) is 17.6 Å². The highest BCUT2D eigenvalue weighted by atomic mass is 19.1. The summed E-state index contributed by atoms with van der Waals surface area (Å²) in [6.07, 6.45) is 8.45. The number of unbranched alkanes of at least 4 members (excludes halogenated alkanes) is 1. The number of halogens is 1. The van der Waals surface area contributed by atoms with Gasteiger partial charge >= 0.3 is 0 Å². The Bertz CT molecular complexity index is 1240. The van der Waals surface area contributed by atoms with E-state index in [1.54, 1.807) is 6.07 Å². The Labute approximate surface area is 206 Å². The van der Waals surface area contributed by atoms with Crippen molar-refractivity contribution < 1.29 is 13.7 Å². The number of carbonyl (C=O) groups excluding carboxylic acids is 1. The van der Waals surface area contributed by atoms with Gasteiger partial charge in [0.25, 0.3) is 0 Å². The normalized spacial score (nSPS) is 21.0. The molecule has 35 heavy (non-hydrogen) atoms. The summed E-state index contributed by atoms with van der Waals surface area (Å²) in [7, 11) is 0. The van der Waals surface area contributed by atoms with Crippen molar-refractivity contribution in [3.8, 4) is 0 Å². The number of fused-ring (bicyclic) bond motifs is 1. The number of rotatable bonds is 6. The predicted molar refractivity (Wildman–Crippen MR) is 135 cm³/mol. The van der Waals surface area contributed by atoms with E-state index >= 15 is 0 Å². The molecule has 0 aliphatic carbocycles. The van der Waals surface area contributed by atoms with Crippen LogP contribution in [0.5, 0.6) is 0 Å². The van der Waals surface area contributed by atoms with Crippen LogP contribution in [0.2, 0.25) is 0 Å². The molecular formula is C29H34FN3O2. The molecule has 3 aliphatic heterocycles. The first-order valence-corrected chi connectivity index (χ1v) is 13.3. The fourth-order valence-electron chi connectivity index (χ4n) is 6.42. The number of aryl methyl sites for hydroxylation is 2. The Morgan fingerprint density at radius 2 is 1.97 bits per heavy atom. The van der Waals surface area contributed by atoms with E-state index in [2.05, 4.69) is 29.1 Å². The van der Waals surface area contributed by atoms with Crippen LogP contribution in [0.15, 0.2) is 34.9 Å². The Morgan fingerprint density at radius 3 is 2.83 bits per heavy atom. The van der Waals surface area contributed by atoms with Gasteiger partial charge in [0.05, 0.1) is 11.4 Å². The lowest BCUT2D eigenvalue weighted by Gasteiger charge is -2.38. The third-order valence-corrected chi connectivity index (χ3v) is 8.31. The lowest BCUT2D eigenvalue weighted by molar-refractivity contribution is -0.119. The van der Waals surface area contributed by atoms with Crippen LogP contribution < -0.4 is 4.90 Å². The summed E-state index contributed by atoms with van der Waals surface area (Å²) in [5.41, 5.74) is 6.99. The molecule has 0 N–H and O–H groups in total. The molecule has 1 aromatic heterocycles. The van der Waals surface area contributed by atoms with Gasteiger partial charge in [-0.2, -0.15) is 0 Å². The maximum Gasteiger partial charge on any atom is 0.227 e. The number of hydrogen-bond acceptors (Lipinski definition) is 4. The van der Waals surface area contributed by atoms with Crippen molar-refractivity contribution in [3.05, 3.63) is 58.5 Å². The quantitative estimate of drug-likeness (QED) is 0.413. The number of piperidine rings is 1. The fourth-order valence-corrected chi connectivity index (χ4v) is 6.42. The Balaban J connectivity index is 1.01. The molecule has 0 bridgehead atoms. The minimum Gasteiger partial charge on any atom is -0.356 e. The molecule has 0 radical (unpaired) electrons. The topological polar surface area (TPSA) is 49.6 Å². The molecule has 4 heterocycles. The average molecular weight is 476 g/mol. The van der Waals surface area contributed by atoms with Gasteiger partial charge in [-0.15, -0.1) is 0 Å². The van der Waals surface area contributed by atoms with Gasteiger partial charge in [0.2, 0.25) is 5.91 Å². The van der Waals surface area contributed by atoms with Gasteiger partial charge in [-0.05, 0) is 99.3 Å². The van der Waals surface area contributed by atoms with E-state index in [-0.39, 0.29) is 5.82 Å². The van der Waals surface area contributed by atoms with Crippen LogP contribution in [0, 0.1) is 5.82 Å². The zero-order chi connectivity index (χ0) is 23.9. The zero-order valence-electron chi connectivity index (χ0n) is 20.6. The van der Waals surface area contributed by atoms with Gasteiger partial charge in [0.15, 0.2) is 5.58 Å². The first-order chi connectivity index (χ1) is 17.1. The van der Waals surface area contributed by atoms with Gasteiger partial charge < -0.3 is 14.3 Å². The molecule has 6 rings (SSSR count). The van der Waals surface area contributed by atoms with Gasteiger partial charge in [0, 0.05) is 30.3 Å². The van der Waals surface area contributed by atoms with Crippen molar-refractivity contribution in [2.75, 3.05) is 31.1 Å². The molecule has 1 amide bonds. The minimum absolute atomic E-state index is 0.281. The maximum absolute atomic E-state index is 13.4. The monoisotopic (exact) mass is 475 g/mol. The molecular weight excluding hydrogens is 441 g/mol. The van der Waals surface area contributed by atoms with E-state index in [1.807, 2.05) is 4.90 Å². The molecule has 3 aromatic rings. The van der Waals surface area contributed by atoms with Crippen LogP contribution in [-0.4, -0.2) is 42.1 Å². The van der Waals surface area contributed by atoms with Gasteiger partial charge in [0.1, 0.15) is 5.82 Å². The number of hydrogen-bond donors (Lipinski definition) is 0. The molecule has 0 spiro atoms. The number of nitrogens with zero attached hydrogens (tertiary/aromatic N) is 3. The van der Waals surface area contributed by atoms with E-state index in [1.165, 1.54) is 47.4 Å². The van der Waals surface area contributed by atoms with Gasteiger partial charge in [-0.3, -0.25) is 4.79 Å². The number of amides is 1. The minimum atomic E-state index is -0.281. The largest absolute Gasteiger partial charge is 0.356 e. The first-order valence-electron chi connectivity index (χ1n) is 13.3. The summed E-state index contributed by atoms with van der Waals surface area (Å²) in [4.78, 5) is 17.1. The van der Waals surface area contributed by atoms with Crippen molar-refractivity contribution in [1.82, 2.24) is 10.1 Å². The van der Waals surface area contributed by atoms with Crippen molar-refractivity contribution in [2.24, 2.45) is 0 Å². The van der Waals surface area contributed by atoms with Crippen LogP contribution in [0.3, 0.4) is 0 Å². The SMILES string of the molecule is CC1CC(=O)N2CCCc3cc(CCCCN4CCC(c5noc6cc(F)ccc56)CC4)cc1c32. The summed E-state index contributed by atoms with van der Waals surface area (Å²) in [5, 5.41) is 5.23. The van der Waals surface area contributed by atoms with Crippen molar-refractivity contribution in [2.45, 2.75) is 70.1 Å². The third-order valence-electron chi connectivity index (χ3n) is 8.31. The highest BCUT2D eigenvalue weighted by Crippen LogP contribution is 2.42. The summed E-state index contributed by atoms with van der Waals surface area (Å²) >= 11 is 0. The number of carbonyl (C=O) groups is 1. The second kappa shape index (κ2) is 9.38. The Hall–Kier alpha value is -2.73. The highest BCUT2D eigenvalue weighted by molar-refractivity contribution is 5.98. The summed E-state index contributed by atoms with van der Waals surface area (Å²) in [6, 6.07) is 9.47. The predicted octanol–water partition coefficient (Wildman–Crippen LogP) is 5.96. The number of aromatic nitrogens is 1. The highest BCUT2D eigenvalue weighted by Gasteiger charge is 2.33. The molecule has 0 saturated carbocycles. The molecule has 1 unspecified atom stereocenters. The molecule has 2 aromatic carbocycles. The van der Waals surface area contributed by atoms with E-state index in [9.17, 15) is 9.18 Å². The van der Waals surface area contributed by atoms with E-state index in [0.717, 1.165) is 69.4 Å². The number of anilines is 1. The molecule has 184 valence electrons. The molecule has 5 nitrogen and oxygen atoms in total. The van der Waals surface area contributed by atoms with Gasteiger partial charge in [-0.1, -0.05) is 24.2 Å². The standard InChI is InChI=1S/C29H34FN3O2/c1-19-15-27(34)33-12-4-6-22-16-20(17-25(19)29(22)33)5-2-3-11-32-13-9-21(10-14-32)28-24-8-7-23(30)18-26(24)35-31-28/h7-8,16-19,21H,2-6,9-15H2,1H3. The molecule has 1 saturated heterocycles. The summed E-state index contributed by atoms with van der Waals surface area (Å²) in [6.45, 7) is 6.36. The smallest absolute Gasteiger partial charge is 0.227 e. The molecule has 1 fully saturated rings. The zero-order valence-corrected chi connectivity index (χ0v) is 20.6. The van der Waals surface area contributed by atoms with Crippen molar-refractivity contribution in [1.29, 1.82) is 0 Å². The number of benzene rings is 2. The first kappa shape index (κ1) is 22.7. The summed E-state index contributed by atoms with van der Waals surface area (Å²) < 4.78 is 18.8. The maximum atomic E-state index is 13.4. The van der Waals surface area contributed by atoms with Crippen LogP contribution in [0.4, 0.5) is 10.1 Å². The van der Waals surface area contributed by atoms with Crippen LogP contribution in [0.1, 0.15) is 79.7 Å².